The Morgan fingerprint density at radius 2 is 1.82 bits per heavy atom. The average Bonchev–Trinajstić information content (AvgIpc) is 3.16. The first kappa shape index (κ1) is 17.0. The van der Waals surface area contributed by atoms with E-state index in [9.17, 15) is 4.79 Å². The van der Waals surface area contributed by atoms with E-state index >= 15 is 0 Å². The molecule has 0 aliphatic carbocycles. The van der Waals surface area contributed by atoms with E-state index in [0.29, 0.717) is 23.8 Å². The Kier molecular flexibility index (Phi) is 4.10. The fourth-order valence-electron chi connectivity index (χ4n) is 3.68. The number of carbonyl (C=O) groups is 1. The van der Waals surface area contributed by atoms with E-state index < -0.39 is 0 Å². The second kappa shape index (κ2) is 6.77. The monoisotopic (exact) mass is 388 g/mol. The van der Waals surface area contributed by atoms with Gasteiger partial charge in [-0.1, -0.05) is 29.8 Å². The minimum Gasteiger partial charge on any atom is -0.333 e. The molecule has 3 aromatic heterocycles. The minimum atomic E-state index is -0.0521. The number of halogens is 1. The number of nitrogens with zero attached hydrogens (tertiary/aromatic N) is 4. The largest absolute Gasteiger partial charge is 0.333 e. The number of benzene rings is 1. The molecule has 5 rings (SSSR count). The van der Waals surface area contributed by atoms with E-state index in [1.54, 1.807) is 35.2 Å². The Hall–Kier alpha value is -3.18. The zero-order valence-electron chi connectivity index (χ0n) is 15.0. The van der Waals surface area contributed by atoms with Crippen molar-refractivity contribution in [1.29, 1.82) is 0 Å². The van der Waals surface area contributed by atoms with Crippen LogP contribution in [0.25, 0.3) is 16.6 Å². The van der Waals surface area contributed by atoms with Crippen molar-refractivity contribution in [1.82, 2.24) is 19.5 Å². The van der Waals surface area contributed by atoms with Gasteiger partial charge in [0.15, 0.2) is 5.69 Å². The zero-order valence-corrected chi connectivity index (χ0v) is 15.8. The molecule has 0 spiro atoms. The highest BCUT2D eigenvalue weighted by atomic mass is 35.5. The number of aromatic nitrogens is 3. The van der Waals surface area contributed by atoms with Crippen molar-refractivity contribution in [2.75, 3.05) is 6.54 Å². The smallest absolute Gasteiger partial charge is 0.274 e. The highest BCUT2D eigenvalue weighted by Gasteiger charge is 2.24. The molecule has 1 amide bonds. The number of amides is 1. The Morgan fingerprint density at radius 1 is 0.964 bits per heavy atom. The molecule has 0 unspecified atom stereocenters. The summed E-state index contributed by atoms with van der Waals surface area (Å²) in [6.45, 7) is 1.28. The molecule has 5 nitrogen and oxygen atoms in total. The van der Waals surface area contributed by atoms with Crippen LogP contribution in [0.1, 0.15) is 21.6 Å². The fraction of sp³-hybridized carbons (Fsp3) is 0.136. The molecular formula is C22H17ClN4O. The summed E-state index contributed by atoms with van der Waals surface area (Å²) < 4.78 is 1.65. The summed E-state index contributed by atoms with van der Waals surface area (Å²) in [4.78, 5) is 18.9. The molecule has 0 radical (unpaired) electrons. The Balaban J connectivity index is 1.39. The molecule has 1 aliphatic rings. The van der Waals surface area contributed by atoms with E-state index in [1.807, 2.05) is 23.1 Å². The van der Waals surface area contributed by atoms with Crippen LogP contribution in [0.3, 0.4) is 0 Å². The van der Waals surface area contributed by atoms with Gasteiger partial charge in [-0.2, -0.15) is 5.10 Å². The van der Waals surface area contributed by atoms with Gasteiger partial charge in [-0.25, -0.2) is 4.52 Å². The number of carbonyl (C=O) groups excluding carboxylic acids is 1. The first-order valence-electron chi connectivity index (χ1n) is 9.14. The van der Waals surface area contributed by atoms with Crippen LogP contribution < -0.4 is 0 Å². The van der Waals surface area contributed by atoms with E-state index in [4.69, 9.17) is 11.6 Å². The molecule has 28 heavy (non-hydrogen) atoms. The number of pyridine rings is 2. The molecule has 0 bridgehead atoms. The molecule has 6 heteroatoms. The van der Waals surface area contributed by atoms with Crippen molar-refractivity contribution in [3.8, 4) is 11.1 Å². The molecule has 0 atom stereocenters. The highest BCUT2D eigenvalue weighted by Crippen LogP contribution is 2.27. The van der Waals surface area contributed by atoms with Crippen molar-refractivity contribution >= 4 is 23.0 Å². The summed E-state index contributed by atoms with van der Waals surface area (Å²) in [5, 5.41) is 4.98. The molecule has 0 saturated carbocycles. The maximum Gasteiger partial charge on any atom is 0.274 e. The zero-order chi connectivity index (χ0) is 19.1. The molecule has 0 fully saturated rings. The van der Waals surface area contributed by atoms with Crippen molar-refractivity contribution in [2.24, 2.45) is 0 Å². The quantitative estimate of drug-likeness (QED) is 0.516. The molecule has 4 heterocycles. The summed E-state index contributed by atoms with van der Waals surface area (Å²) in [7, 11) is 0. The normalized spacial score (nSPS) is 13.5. The van der Waals surface area contributed by atoms with Gasteiger partial charge in [-0.3, -0.25) is 9.78 Å². The Morgan fingerprint density at radius 3 is 2.68 bits per heavy atom. The van der Waals surface area contributed by atoms with E-state index in [-0.39, 0.29) is 5.91 Å². The predicted molar refractivity (Wildman–Crippen MR) is 108 cm³/mol. The Bertz CT molecular complexity index is 1190. The summed E-state index contributed by atoms with van der Waals surface area (Å²) in [5.41, 5.74) is 6.11. The third-order valence-electron chi connectivity index (χ3n) is 5.16. The number of fused-ring (bicyclic) bond motifs is 2. The number of hydrogen-bond donors (Lipinski definition) is 0. The van der Waals surface area contributed by atoms with E-state index in [1.165, 1.54) is 16.7 Å². The van der Waals surface area contributed by atoms with Gasteiger partial charge in [0.05, 0.1) is 10.5 Å². The van der Waals surface area contributed by atoms with Gasteiger partial charge in [0.1, 0.15) is 0 Å². The molecule has 0 N–H and O–H groups in total. The van der Waals surface area contributed by atoms with E-state index in [0.717, 1.165) is 17.5 Å². The van der Waals surface area contributed by atoms with Crippen LogP contribution in [0.2, 0.25) is 5.02 Å². The van der Waals surface area contributed by atoms with Crippen LogP contribution in [-0.4, -0.2) is 31.9 Å². The third-order valence-corrected chi connectivity index (χ3v) is 5.39. The van der Waals surface area contributed by atoms with Crippen LogP contribution in [-0.2, 0) is 13.0 Å². The number of rotatable bonds is 2. The summed E-state index contributed by atoms with van der Waals surface area (Å²) >= 11 is 6.01. The van der Waals surface area contributed by atoms with Gasteiger partial charge < -0.3 is 4.90 Å². The minimum absolute atomic E-state index is 0.0521. The van der Waals surface area contributed by atoms with Crippen molar-refractivity contribution < 1.29 is 4.79 Å². The van der Waals surface area contributed by atoms with Crippen molar-refractivity contribution in [2.45, 2.75) is 13.0 Å². The van der Waals surface area contributed by atoms with Gasteiger partial charge in [0.25, 0.3) is 5.91 Å². The maximum atomic E-state index is 13.0. The highest BCUT2D eigenvalue weighted by molar-refractivity contribution is 6.30. The maximum absolute atomic E-state index is 13.0. The van der Waals surface area contributed by atoms with Gasteiger partial charge in [0, 0.05) is 31.7 Å². The van der Waals surface area contributed by atoms with Crippen LogP contribution in [0.5, 0.6) is 0 Å². The van der Waals surface area contributed by atoms with Crippen LogP contribution >= 0.6 is 11.6 Å². The topological polar surface area (TPSA) is 50.5 Å². The third kappa shape index (κ3) is 3.04. The molecule has 138 valence electrons. The second-order valence-corrected chi connectivity index (χ2v) is 7.38. The van der Waals surface area contributed by atoms with Crippen molar-refractivity contribution in [3.05, 3.63) is 89.0 Å². The first-order chi connectivity index (χ1) is 13.7. The van der Waals surface area contributed by atoms with E-state index in [2.05, 4.69) is 28.3 Å². The number of hydrogen-bond acceptors (Lipinski definition) is 3. The SMILES string of the molecule is O=C(c1cc2ccc(Cl)cn2n1)N1CCc2cc(-c3ccncc3)ccc2C1. The molecule has 1 aliphatic heterocycles. The lowest BCUT2D eigenvalue weighted by Gasteiger charge is -2.28. The van der Waals surface area contributed by atoms with Crippen LogP contribution in [0.4, 0.5) is 0 Å². The van der Waals surface area contributed by atoms with Gasteiger partial charge in [-0.15, -0.1) is 0 Å². The van der Waals surface area contributed by atoms with Gasteiger partial charge >= 0.3 is 0 Å². The second-order valence-electron chi connectivity index (χ2n) is 6.94. The lowest BCUT2D eigenvalue weighted by Crippen LogP contribution is -2.36. The summed E-state index contributed by atoms with van der Waals surface area (Å²) in [6.07, 6.45) is 6.15. The van der Waals surface area contributed by atoms with Crippen LogP contribution in [0, 0.1) is 0 Å². The average molecular weight is 389 g/mol. The standard InChI is InChI=1S/C22H17ClN4O/c23-19-3-4-20-12-21(25-27(20)14-19)22(28)26-10-7-17-11-16(1-2-18(17)13-26)15-5-8-24-9-6-15/h1-6,8-9,11-12,14H,7,10,13H2. The van der Waals surface area contributed by atoms with Crippen molar-refractivity contribution in [3.63, 3.8) is 0 Å². The molecular weight excluding hydrogens is 372 g/mol. The first-order valence-corrected chi connectivity index (χ1v) is 9.51. The molecule has 1 aromatic carbocycles. The van der Waals surface area contributed by atoms with Gasteiger partial charge in [-0.05, 0) is 59.0 Å². The summed E-state index contributed by atoms with van der Waals surface area (Å²) in [6, 6.07) is 15.9. The predicted octanol–water partition coefficient (Wildman–Crippen LogP) is 4.25. The lowest BCUT2D eigenvalue weighted by atomic mass is 9.95. The Labute approximate surface area is 167 Å². The van der Waals surface area contributed by atoms with Crippen LogP contribution in [0.15, 0.2) is 67.1 Å². The summed E-state index contributed by atoms with van der Waals surface area (Å²) in [5.74, 6) is -0.0521. The molecule has 0 saturated heterocycles. The van der Waals surface area contributed by atoms with Gasteiger partial charge in [0.2, 0.25) is 0 Å². The lowest BCUT2D eigenvalue weighted by molar-refractivity contribution is 0.0728. The molecule has 4 aromatic rings. The fourth-order valence-corrected chi connectivity index (χ4v) is 3.83.